The van der Waals surface area contributed by atoms with Gasteiger partial charge in [0.25, 0.3) is 5.91 Å². The van der Waals surface area contributed by atoms with Gasteiger partial charge in [-0.05, 0) is 38.0 Å². The lowest BCUT2D eigenvalue weighted by Crippen LogP contribution is -2.44. The molecule has 0 unspecified atom stereocenters. The summed E-state index contributed by atoms with van der Waals surface area (Å²) in [6, 6.07) is 0.644. The summed E-state index contributed by atoms with van der Waals surface area (Å²) in [5.41, 5.74) is 5.32. The zero-order valence-corrected chi connectivity index (χ0v) is 19.0. The molecule has 7 nitrogen and oxygen atoms in total. The molecule has 0 aliphatic carbocycles. The summed E-state index contributed by atoms with van der Waals surface area (Å²) in [7, 11) is 1.24. The molecule has 1 amide bonds. The zero-order chi connectivity index (χ0) is 26.1. The van der Waals surface area contributed by atoms with Crippen LogP contribution in [0.1, 0.15) is 30.6 Å². The molecular formula is C22H24F6N4O3. The smallest absolute Gasteiger partial charge is 0.408 e. The number of benzene rings is 1. The number of amides is 1. The molecule has 1 aliphatic rings. The Morgan fingerprint density at radius 2 is 1.97 bits per heavy atom. The number of nitrogens with two attached hydrogens (primary N) is 1. The van der Waals surface area contributed by atoms with Crippen LogP contribution in [-0.2, 0) is 0 Å². The molecule has 0 radical (unpaired) electrons. The third kappa shape index (κ3) is 6.08. The minimum atomic E-state index is -4.70. The number of alkyl halides is 5. The van der Waals surface area contributed by atoms with Gasteiger partial charge in [0.1, 0.15) is 17.6 Å². The summed E-state index contributed by atoms with van der Waals surface area (Å²) in [6.45, 7) is -0.201. The fourth-order valence-corrected chi connectivity index (χ4v) is 3.80. The predicted octanol–water partition coefficient (Wildman–Crippen LogP) is 4.11. The van der Waals surface area contributed by atoms with Crippen LogP contribution in [0.15, 0.2) is 24.4 Å². The first kappa shape index (κ1) is 26.4. The van der Waals surface area contributed by atoms with Crippen LogP contribution in [0.5, 0.6) is 11.6 Å². The van der Waals surface area contributed by atoms with Crippen LogP contribution >= 0.6 is 0 Å². The molecular weight excluding hydrogens is 482 g/mol. The quantitative estimate of drug-likeness (QED) is 0.550. The summed E-state index contributed by atoms with van der Waals surface area (Å²) in [5.74, 6) is -2.64. The van der Waals surface area contributed by atoms with Crippen LogP contribution in [0.4, 0.5) is 32.0 Å². The highest BCUT2D eigenvalue weighted by atomic mass is 19.4. The van der Waals surface area contributed by atoms with E-state index in [9.17, 15) is 31.1 Å². The van der Waals surface area contributed by atoms with Gasteiger partial charge in [-0.25, -0.2) is 9.37 Å². The minimum Gasteiger partial charge on any atom is -0.480 e. The molecule has 0 spiro atoms. The van der Waals surface area contributed by atoms with Crippen molar-refractivity contribution in [2.45, 2.75) is 44.6 Å². The number of anilines is 1. The van der Waals surface area contributed by atoms with Crippen LogP contribution < -0.4 is 25.4 Å². The van der Waals surface area contributed by atoms with Gasteiger partial charge in [0, 0.05) is 30.9 Å². The molecule has 1 aromatic heterocycles. The molecule has 13 heteroatoms. The third-order valence-electron chi connectivity index (χ3n) is 5.50. The van der Waals surface area contributed by atoms with Crippen molar-refractivity contribution in [2.24, 2.45) is 5.73 Å². The summed E-state index contributed by atoms with van der Waals surface area (Å²) in [4.78, 5) is 18.6. The van der Waals surface area contributed by atoms with Crippen molar-refractivity contribution in [2.75, 3.05) is 25.1 Å². The number of carbonyl (C=O) groups is 1. The number of nitrogens with zero attached hydrogens (tertiary/aromatic N) is 2. The molecule has 1 fully saturated rings. The monoisotopic (exact) mass is 506 g/mol. The van der Waals surface area contributed by atoms with E-state index in [0.29, 0.717) is 13.0 Å². The van der Waals surface area contributed by atoms with Gasteiger partial charge in [0.15, 0.2) is 0 Å². The number of carbonyl (C=O) groups excluding carboxylic acids is 1. The molecule has 2 atom stereocenters. The van der Waals surface area contributed by atoms with E-state index in [1.165, 1.54) is 7.11 Å². The van der Waals surface area contributed by atoms with E-state index in [0.717, 1.165) is 31.3 Å². The first-order valence-corrected chi connectivity index (χ1v) is 10.5. The predicted molar refractivity (Wildman–Crippen MR) is 115 cm³/mol. The number of hydrogen-bond acceptors (Lipinski definition) is 6. The van der Waals surface area contributed by atoms with Gasteiger partial charge in [0.2, 0.25) is 5.88 Å². The number of ether oxygens (including phenoxy) is 2. The Hall–Kier alpha value is -3.22. The van der Waals surface area contributed by atoms with Crippen LogP contribution in [0.25, 0.3) is 11.1 Å². The normalized spacial score (nSPS) is 19.1. The van der Waals surface area contributed by atoms with Crippen molar-refractivity contribution in [3.63, 3.8) is 0 Å². The second-order valence-corrected chi connectivity index (χ2v) is 8.52. The van der Waals surface area contributed by atoms with E-state index in [1.807, 2.05) is 5.32 Å². The van der Waals surface area contributed by atoms with Gasteiger partial charge in [-0.3, -0.25) is 4.79 Å². The number of aromatic nitrogens is 1. The number of rotatable bonds is 7. The van der Waals surface area contributed by atoms with Gasteiger partial charge in [-0.2, -0.15) is 22.0 Å². The molecule has 3 N–H and O–H groups in total. The van der Waals surface area contributed by atoms with Crippen molar-refractivity contribution in [3.8, 4) is 22.8 Å². The summed E-state index contributed by atoms with van der Waals surface area (Å²) in [6.07, 6.45) is -3.19. The van der Waals surface area contributed by atoms with Gasteiger partial charge in [-0.15, -0.1) is 0 Å². The average Bonchev–Trinajstić information content (AvgIpc) is 3.10. The average molecular weight is 506 g/mol. The number of halogens is 6. The Labute approximate surface area is 197 Å². The molecule has 1 saturated heterocycles. The number of nitrogens with one attached hydrogen (secondary N) is 1. The largest absolute Gasteiger partial charge is 0.480 e. The lowest BCUT2D eigenvalue weighted by atomic mass is 9.99. The van der Waals surface area contributed by atoms with Crippen LogP contribution in [-0.4, -0.2) is 55.5 Å². The molecule has 0 bridgehead atoms. The Kier molecular flexibility index (Phi) is 7.39. The Morgan fingerprint density at radius 1 is 1.29 bits per heavy atom. The molecule has 192 valence electrons. The van der Waals surface area contributed by atoms with Crippen molar-refractivity contribution in [1.29, 1.82) is 0 Å². The van der Waals surface area contributed by atoms with E-state index < -0.39 is 41.8 Å². The van der Waals surface area contributed by atoms with E-state index in [-0.39, 0.29) is 34.8 Å². The van der Waals surface area contributed by atoms with Gasteiger partial charge in [-0.1, -0.05) is 0 Å². The van der Waals surface area contributed by atoms with Crippen LogP contribution in [0.2, 0.25) is 0 Å². The highest BCUT2D eigenvalue weighted by Crippen LogP contribution is 2.43. The number of hydrogen-bond donors (Lipinski definition) is 2. The van der Waals surface area contributed by atoms with Crippen LogP contribution in [0.3, 0.4) is 0 Å². The van der Waals surface area contributed by atoms with Crippen molar-refractivity contribution < 1.29 is 40.6 Å². The first-order valence-electron chi connectivity index (χ1n) is 10.5. The molecule has 2 aromatic rings. The fraction of sp³-hybridized carbons (Fsp3) is 0.455. The zero-order valence-electron chi connectivity index (χ0n) is 19.0. The highest BCUT2D eigenvalue weighted by Gasteiger charge is 2.39. The second-order valence-electron chi connectivity index (χ2n) is 8.52. The van der Waals surface area contributed by atoms with Gasteiger partial charge < -0.3 is 25.4 Å². The van der Waals surface area contributed by atoms with Gasteiger partial charge >= 0.3 is 12.8 Å². The van der Waals surface area contributed by atoms with E-state index in [4.69, 9.17) is 10.5 Å². The minimum absolute atomic E-state index is 0.0103. The maximum Gasteiger partial charge on any atom is 0.408 e. The lowest BCUT2D eigenvalue weighted by Gasteiger charge is -2.28. The maximum absolute atomic E-state index is 14.4. The molecule has 2 heterocycles. The second kappa shape index (κ2) is 9.80. The van der Waals surface area contributed by atoms with Crippen molar-refractivity contribution >= 4 is 11.6 Å². The lowest BCUT2D eigenvalue weighted by molar-refractivity contribution is -0.149. The molecule has 35 heavy (non-hydrogen) atoms. The fourth-order valence-electron chi connectivity index (χ4n) is 3.80. The van der Waals surface area contributed by atoms with Gasteiger partial charge in [0.05, 0.1) is 23.9 Å². The first-order chi connectivity index (χ1) is 16.2. The van der Waals surface area contributed by atoms with E-state index >= 15 is 0 Å². The SMILES string of the molecule is COc1ncc(C(=O)N[C@@H](C)C(F)(F)F)c(N2CC[C@](C)(N)C2)c1-c1cc(F)cc(OC(F)F)c1. The molecule has 1 aromatic carbocycles. The maximum atomic E-state index is 14.4. The van der Waals surface area contributed by atoms with E-state index in [1.54, 1.807) is 11.8 Å². The van der Waals surface area contributed by atoms with E-state index in [2.05, 4.69) is 9.72 Å². The number of pyridine rings is 1. The standard InChI is InChI=1S/C22H24F6N4O3/c1-11(22(26,27)28)31-18(33)15-9-30-19(34-3)16(17(15)32-5-4-21(2,29)10-32)12-6-13(23)8-14(7-12)35-20(24)25/h6-9,11,20H,4-5,10,29H2,1-3H3,(H,31,33)/t11-,21-/m0/s1. The van der Waals surface area contributed by atoms with Crippen molar-refractivity contribution in [3.05, 3.63) is 35.8 Å². The molecule has 3 rings (SSSR count). The highest BCUT2D eigenvalue weighted by molar-refractivity contribution is 6.04. The molecule has 0 saturated carbocycles. The Balaban J connectivity index is 2.23. The molecule has 1 aliphatic heterocycles. The summed E-state index contributed by atoms with van der Waals surface area (Å²) in [5, 5.41) is 1.89. The van der Waals surface area contributed by atoms with Crippen molar-refractivity contribution in [1.82, 2.24) is 10.3 Å². The summed E-state index contributed by atoms with van der Waals surface area (Å²) < 4.78 is 88.8. The topological polar surface area (TPSA) is 89.7 Å². The Morgan fingerprint density at radius 3 is 2.51 bits per heavy atom. The summed E-state index contributed by atoms with van der Waals surface area (Å²) >= 11 is 0. The Bertz CT molecular complexity index is 1090. The van der Waals surface area contributed by atoms with Crippen LogP contribution in [0, 0.1) is 5.82 Å². The third-order valence-corrected chi connectivity index (χ3v) is 5.50. The number of methoxy groups -OCH3 is 1.